The summed E-state index contributed by atoms with van der Waals surface area (Å²) in [4.78, 5) is 5.73. The number of piperidine rings is 3. The molecule has 1 aromatic heterocycles. The van der Waals surface area contributed by atoms with Crippen LogP contribution in [-0.2, 0) is 13.1 Å². The lowest BCUT2D eigenvalue weighted by Crippen LogP contribution is -2.61. The summed E-state index contributed by atoms with van der Waals surface area (Å²) in [5, 5.41) is 4.63. The first-order valence-electron chi connectivity index (χ1n) is 11.8. The van der Waals surface area contributed by atoms with Gasteiger partial charge in [-0.05, 0) is 55.4 Å². The summed E-state index contributed by atoms with van der Waals surface area (Å²) in [6.07, 6.45) is 13.2. The van der Waals surface area contributed by atoms with Crippen LogP contribution in [0.4, 0.5) is 0 Å². The van der Waals surface area contributed by atoms with Crippen molar-refractivity contribution in [2.45, 2.75) is 63.7 Å². The molecule has 0 unspecified atom stereocenters. The van der Waals surface area contributed by atoms with Crippen molar-refractivity contribution in [3.63, 3.8) is 0 Å². The molecule has 3 aliphatic heterocycles. The van der Waals surface area contributed by atoms with Crippen molar-refractivity contribution in [2.75, 3.05) is 19.6 Å². The van der Waals surface area contributed by atoms with Crippen LogP contribution in [0.15, 0.2) is 42.7 Å². The zero-order valence-electron chi connectivity index (χ0n) is 17.5. The molecule has 0 spiro atoms. The van der Waals surface area contributed by atoms with Crippen LogP contribution in [-0.4, -0.2) is 51.3 Å². The van der Waals surface area contributed by atoms with Gasteiger partial charge in [-0.3, -0.25) is 14.5 Å². The highest BCUT2D eigenvalue weighted by Gasteiger charge is 2.47. The monoisotopic (exact) mass is 390 g/mol. The SMILES string of the molecule is c1ccc(Cn2cc(CN3C[C@@H]4C[C@H](C3)[C@@H]3CCC[C@H](C5CC5)N3C4)cn2)cc1. The fraction of sp³-hybridized carbons (Fsp3) is 0.640. The molecule has 1 aliphatic carbocycles. The molecule has 154 valence electrons. The summed E-state index contributed by atoms with van der Waals surface area (Å²) in [6, 6.07) is 12.4. The van der Waals surface area contributed by atoms with Crippen molar-refractivity contribution in [3.05, 3.63) is 53.9 Å². The number of benzene rings is 1. The van der Waals surface area contributed by atoms with E-state index >= 15 is 0 Å². The maximum absolute atomic E-state index is 4.63. The quantitative estimate of drug-likeness (QED) is 0.771. The molecule has 4 heterocycles. The third-order valence-electron chi connectivity index (χ3n) is 7.96. The summed E-state index contributed by atoms with van der Waals surface area (Å²) < 4.78 is 2.10. The Balaban J connectivity index is 1.10. The molecule has 6 rings (SSSR count). The van der Waals surface area contributed by atoms with Gasteiger partial charge in [-0.15, -0.1) is 0 Å². The predicted molar refractivity (Wildman–Crippen MR) is 116 cm³/mol. The highest BCUT2D eigenvalue weighted by atomic mass is 15.3. The first-order chi connectivity index (χ1) is 14.3. The fourth-order valence-corrected chi connectivity index (χ4v) is 6.67. The van der Waals surface area contributed by atoms with E-state index < -0.39 is 0 Å². The molecule has 4 heteroatoms. The van der Waals surface area contributed by atoms with Crippen LogP contribution in [0.2, 0.25) is 0 Å². The summed E-state index contributed by atoms with van der Waals surface area (Å²) in [5.41, 5.74) is 2.69. The van der Waals surface area contributed by atoms with Crippen LogP contribution in [0.3, 0.4) is 0 Å². The van der Waals surface area contributed by atoms with Gasteiger partial charge in [0.15, 0.2) is 0 Å². The van der Waals surface area contributed by atoms with E-state index in [1.165, 1.54) is 69.3 Å². The van der Waals surface area contributed by atoms with Gasteiger partial charge in [0.05, 0.1) is 12.7 Å². The van der Waals surface area contributed by atoms with E-state index in [1.807, 2.05) is 0 Å². The predicted octanol–water partition coefficient (Wildman–Crippen LogP) is 4.02. The molecular formula is C25H34N4. The van der Waals surface area contributed by atoms with Crippen molar-refractivity contribution >= 4 is 0 Å². The fourth-order valence-electron chi connectivity index (χ4n) is 6.67. The van der Waals surface area contributed by atoms with Gasteiger partial charge in [0.1, 0.15) is 0 Å². The average molecular weight is 391 g/mol. The zero-order valence-corrected chi connectivity index (χ0v) is 17.5. The van der Waals surface area contributed by atoms with E-state index in [0.717, 1.165) is 42.9 Å². The van der Waals surface area contributed by atoms with Gasteiger partial charge < -0.3 is 0 Å². The van der Waals surface area contributed by atoms with Gasteiger partial charge in [0.2, 0.25) is 0 Å². The van der Waals surface area contributed by atoms with Crippen molar-refractivity contribution in [1.82, 2.24) is 19.6 Å². The largest absolute Gasteiger partial charge is 0.298 e. The number of nitrogens with zero attached hydrogens (tertiary/aromatic N) is 4. The van der Waals surface area contributed by atoms with Crippen LogP contribution in [0, 0.1) is 17.8 Å². The van der Waals surface area contributed by atoms with Crippen LogP contribution in [0.25, 0.3) is 0 Å². The van der Waals surface area contributed by atoms with Gasteiger partial charge in [-0.2, -0.15) is 5.10 Å². The first-order valence-corrected chi connectivity index (χ1v) is 11.8. The number of fused-ring (bicyclic) bond motifs is 4. The number of hydrogen-bond donors (Lipinski definition) is 0. The van der Waals surface area contributed by atoms with Crippen LogP contribution >= 0.6 is 0 Å². The van der Waals surface area contributed by atoms with Crippen molar-refractivity contribution in [2.24, 2.45) is 17.8 Å². The Morgan fingerprint density at radius 3 is 2.48 bits per heavy atom. The highest BCUT2D eigenvalue weighted by molar-refractivity contribution is 5.15. The molecule has 0 amide bonds. The lowest BCUT2D eigenvalue weighted by molar-refractivity contribution is -0.0628. The number of rotatable bonds is 5. The molecule has 0 N–H and O–H groups in total. The van der Waals surface area contributed by atoms with Crippen LogP contribution in [0.1, 0.15) is 49.7 Å². The standard InChI is InChI=1S/C25H34N4/c1-2-5-19(6-3-1)15-28-16-21(12-26-28)14-27-13-20-11-23(18-27)25-8-4-7-24(22-9-10-22)29(25)17-20/h1-3,5-6,12,16,20,22-25H,4,7-11,13-15,17-18H2/t20-,23+,24+,25-/m0/s1. The summed E-state index contributed by atoms with van der Waals surface area (Å²) >= 11 is 0. The Bertz CT molecular complexity index is 826. The second-order valence-corrected chi connectivity index (χ2v) is 10.2. The smallest absolute Gasteiger partial charge is 0.0659 e. The summed E-state index contributed by atoms with van der Waals surface area (Å²) in [6.45, 7) is 5.87. The Morgan fingerprint density at radius 1 is 0.828 bits per heavy atom. The molecule has 0 radical (unpaired) electrons. The lowest BCUT2D eigenvalue weighted by Gasteiger charge is -2.55. The van der Waals surface area contributed by atoms with Crippen molar-refractivity contribution in [3.8, 4) is 0 Å². The van der Waals surface area contributed by atoms with E-state index in [4.69, 9.17) is 0 Å². The van der Waals surface area contributed by atoms with Crippen molar-refractivity contribution < 1.29 is 0 Å². The maximum Gasteiger partial charge on any atom is 0.0659 e. The molecule has 4 nitrogen and oxygen atoms in total. The molecule has 2 aromatic rings. The van der Waals surface area contributed by atoms with Gasteiger partial charge in [-0.25, -0.2) is 0 Å². The van der Waals surface area contributed by atoms with E-state index in [1.54, 1.807) is 0 Å². The molecule has 3 saturated heterocycles. The van der Waals surface area contributed by atoms with Gasteiger partial charge in [0, 0.05) is 50.0 Å². The van der Waals surface area contributed by atoms with E-state index in [0.29, 0.717) is 0 Å². The zero-order chi connectivity index (χ0) is 19.2. The molecule has 2 bridgehead atoms. The minimum absolute atomic E-state index is 0.867. The Hall–Kier alpha value is -1.65. The number of hydrogen-bond acceptors (Lipinski definition) is 3. The normalized spacial score (nSPS) is 32.8. The van der Waals surface area contributed by atoms with Crippen LogP contribution in [0.5, 0.6) is 0 Å². The summed E-state index contributed by atoms with van der Waals surface area (Å²) in [7, 11) is 0. The van der Waals surface area contributed by atoms with Crippen molar-refractivity contribution in [1.29, 1.82) is 0 Å². The molecule has 4 atom stereocenters. The maximum atomic E-state index is 4.63. The molecule has 29 heavy (non-hydrogen) atoms. The van der Waals surface area contributed by atoms with E-state index in [9.17, 15) is 0 Å². The highest BCUT2D eigenvalue weighted by Crippen LogP contribution is 2.46. The van der Waals surface area contributed by atoms with E-state index in [-0.39, 0.29) is 0 Å². The Labute approximate surface area is 174 Å². The minimum Gasteiger partial charge on any atom is -0.298 e. The van der Waals surface area contributed by atoms with Gasteiger partial charge in [0.25, 0.3) is 0 Å². The lowest BCUT2D eigenvalue weighted by atomic mass is 9.74. The molecule has 1 saturated carbocycles. The average Bonchev–Trinajstić information content (AvgIpc) is 3.49. The molecular weight excluding hydrogens is 356 g/mol. The number of aromatic nitrogens is 2. The molecule has 1 aromatic carbocycles. The minimum atomic E-state index is 0.867. The number of likely N-dealkylation sites (tertiary alicyclic amines) is 1. The van der Waals surface area contributed by atoms with Gasteiger partial charge >= 0.3 is 0 Å². The second kappa shape index (κ2) is 7.55. The van der Waals surface area contributed by atoms with Gasteiger partial charge in [-0.1, -0.05) is 36.8 Å². The Kier molecular flexibility index (Phi) is 4.73. The van der Waals surface area contributed by atoms with Crippen LogP contribution < -0.4 is 0 Å². The Morgan fingerprint density at radius 2 is 1.66 bits per heavy atom. The second-order valence-electron chi connectivity index (χ2n) is 10.2. The van der Waals surface area contributed by atoms with E-state index in [2.05, 4.69) is 62.3 Å². The topological polar surface area (TPSA) is 24.3 Å². The third-order valence-corrected chi connectivity index (χ3v) is 7.96. The molecule has 4 fully saturated rings. The first kappa shape index (κ1) is 18.1. The third kappa shape index (κ3) is 3.77. The summed E-state index contributed by atoms with van der Waals surface area (Å²) in [5.74, 6) is 2.82. The molecule has 4 aliphatic rings.